The van der Waals surface area contributed by atoms with Crippen LogP contribution in [0.3, 0.4) is 0 Å². The molecular formula is C9H9Cl2NO3. The van der Waals surface area contributed by atoms with Gasteiger partial charge in [0, 0.05) is 0 Å². The van der Waals surface area contributed by atoms with Gasteiger partial charge in [-0.25, -0.2) is 4.79 Å². The van der Waals surface area contributed by atoms with Gasteiger partial charge in [0.1, 0.15) is 10.8 Å². The number of nitrogen functional groups attached to an aromatic ring is 1. The molecule has 0 aliphatic heterocycles. The highest BCUT2D eigenvalue weighted by molar-refractivity contribution is 6.41. The predicted octanol–water partition coefficient (Wildman–Crippen LogP) is 2.37. The number of hydrogen-bond acceptors (Lipinski definition) is 4. The number of carbonyl (C=O) groups excluding carboxylic acids is 1. The number of esters is 1. The monoisotopic (exact) mass is 249 g/mol. The summed E-state index contributed by atoms with van der Waals surface area (Å²) in [4.78, 5) is 11.3. The minimum Gasteiger partial charge on any atom is -0.495 e. The average molecular weight is 250 g/mol. The van der Waals surface area contributed by atoms with Crippen LogP contribution in [0.25, 0.3) is 0 Å². The van der Waals surface area contributed by atoms with Crippen molar-refractivity contribution in [2.75, 3.05) is 20.0 Å². The zero-order valence-electron chi connectivity index (χ0n) is 8.14. The first kappa shape index (κ1) is 11.9. The van der Waals surface area contributed by atoms with E-state index in [2.05, 4.69) is 4.74 Å². The molecule has 0 spiro atoms. The van der Waals surface area contributed by atoms with Gasteiger partial charge < -0.3 is 15.2 Å². The lowest BCUT2D eigenvalue weighted by Crippen LogP contribution is -2.05. The topological polar surface area (TPSA) is 61.5 Å². The minimum atomic E-state index is -0.596. The largest absolute Gasteiger partial charge is 0.495 e. The number of methoxy groups -OCH3 is 2. The summed E-state index contributed by atoms with van der Waals surface area (Å²) in [7, 11) is 2.66. The van der Waals surface area contributed by atoms with Crippen molar-refractivity contribution in [2.45, 2.75) is 0 Å². The van der Waals surface area contributed by atoms with E-state index < -0.39 is 5.97 Å². The number of ether oxygens (including phenoxy) is 2. The zero-order valence-corrected chi connectivity index (χ0v) is 9.65. The third-order valence-corrected chi connectivity index (χ3v) is 2.62. The number of halogens is 2. The van der Waals surface area contributed by atoms with Gasteiger partial charge in [-0.15, -0.1) is 0 Å². The van der Waals surface area contributed by atoms with Crippen LogP contribution in [-0.2, 0) is 4.74 Å². The molecule has 1 aromatic carbocycles. The van der Waals surface area contributed by atoms with Gasteiger partial charge in [-0.05, 0) is 6.07 Å². The Morgan fingerprint density at radius 1 is 1.33 bits per heavy atom. The summed E-state index contributed by atoms with van der Waals surface area (Å²) in [5.74, 6) is -0.319. The molecule has 2 N–H and O–H groups in total. The summed E-state index contributed by atoms with van der Waals surface area (Å²) in [5, 5.41) is 0.239. The first-order chi connectivity index (χ1) is 7.02. The molecule has 0 aromatic heterocycles. The second-order valence-electron chi connectivity index (χ2n) is 2.66. The summed E-state index contributed by atoms with van der Waals surface area (Å²) >= 11 is 11.7. The van der Waals surface area contributed by atoms with Crippen molar-refractivity contribution in [3.05, 3.63) is 21.7 Å². The van der Waals surface area contributed by atoms with Crippen molar-refractivity contribution in [1.29, 1.82) is 0 Å². The lowest BCUT2D eigenvalue weighted by molar-refractivity contribution is 0.0600. The third-order valence-electron chi connectivity index (χ3n) is 1.83. The maximum atomic E-state index is 11.3. The van der Waals surface area contributed by atoms with Gasteiger partial charge >= 0.3 is 5.97 Å². The first-order valence-corrected chi connectivity index (χ1v) is 4.68. The lowest BCUT2D eigenvalue weighted by atomic mass is 10.2. The molecule has 1 rings (SSSR count). The highest BCUT2D eigenvalue weighted by Crippen LogP contribution is 2.38. The smallest absolute Gasteiger partial charge is 0.339 e. The van der Waals surface area contributed by atoms with Gasteiger partial charge in [0.25, 0.3) is 0 Å². The Morgan fingerprint density at radius 2 is 1.93 bits per heavy atom. The second-order valence-corrected chi connectivity index (χ2v) is 3.42. The fourth-order valence-electron chi connectivity index (χ4n) is 1.04. The number of benzene rings is 1. The molecule has 0 unspecified atom stereocenters. The number of hydrogen-bond donors (Lipinski definition) is 1. The molecule has 0 heterocycles. The maximum Gasteiger partial charge on any atom is 0.339 e. The molecule has 82 valence electrons. The quantitative estimate of drug-likeness (QED) is 0.646. The number of nitrogens with two attached hydrogens (primary N) is 1. The van der Waals surface area contributed by atoms with Crippen LogP contribution in [0, 0.1) is 0 Å². The van der Waals surface area contributed by atoms with Gasteiger partial charge in [-0.2, -0.15) is 0 Å². The van der Waals surface area contributed by atoms with Gasteiger partial charge in [0.2, 0.25) is 0 Å². The molecule has 15 heavy (non-hydrogen) atoms. The van der Waals surface area contributed by atoms with Crippen LogP contribution in [0.1, 0.15) is 10.4 Å². The number of carbonyl (C=O) groups is 1. The van der Waals surface area contributed by atoms with Crippen molar-refractivity contribution in [3.8, 4) is 5.75 Å². The fourth-order valence-corrected chi connectivity index (χ4v) is 1.54. The molecule has 0 aliphatic rings. The minimum absolute atomic E-state index is 0.0626. The van der Waals surface area contributed by atoms with Crippen LogP contribution in [0.2, 0.25) is 10.0 Å². The molecule has 0 saturated carbocycles. The Bertz CT molecular complexity index is 407. The summed E-state index contributed by atoms with van der Waals surface area (Å²) in [6.45, 7) is 0. The Hall–Kier alpha value is -1.13. The van der Waals surface area contributed by atoms with Crippen LogP contribution in [0.5, 0.6) is 5.75 Å². The molecule has 0 aliphatic carbocycles. The summed E-state index contributed by atoms with van der Waals surface area (Å²) in [6.07, 6.45) is 0. The van der Waals surface area contributed by atoms with Crippen molar-refractivity contribution < 1.29 is 14.3 Å². The van der Waals surface area contributed by atoms with Crippen LogP contribution >= 0.6 is 23.2 Å². The van der Waals surface area contributed by atoms with E-state index in [4.69, 9.17) is 33.7 Å². The molecule has 0 atom stereocenters. The molecule has 0 fully saturated rings. The van der Waals surface area contributed by atoms with E-state index in [9.17, 15) is 4.79 Å². The van der Waals surface area contributed by atoms with E-state index in [1.807, 2.05) is 0 Å². The Morgan fingerprint density at radius 3 is 2.40 bits per heavy atom. The molecule has 1 aromatic rings. The maximum absolute atomic E-state index is 11.3. The average Bonchev–Trinajstić information content (AvgIpc) is 2.25. The second kappa shape index (κ2) is 4.59. The van der Waals surface area contributed by atoms with Crippen molar-refractivity contribution in [3.63, 3.8) is 0 Å². The van der Waals surface area contributed by atoms with E-state index in [1.165, 1.54) is 20.3 Å². The standard InChI is InChI=1S/C9H9Cl2NO3/c1-14-5-3-4(9(13)15-2)6(10)8(12)7(5)11/h3H,12H2,1-2H3. The summed E-state index contributed by atoms with van der Waals surface area (Å²) < 4.78 is 9.47. The first-order valence-electron chi connectivity index (χ1n) is 3.92. The molecule has 0 radical (unpaired) electrons. The van der Waals surface area contributed by atoms with E-state index in [0.29, 0.717) is 0 Å². The highest BCUT2D eigenvalue weighted by atomic mass is 35.5. The lowest BCUT2D eigenvalue weighted by Gasteiger charge is -2.10. The molecule has 0 amide bonds. The molecule has 4 nitrogen and oxygen atoms in total. The SMILES string of the molecule is COC(=O)c1cc(OC)c(Cl)c(N)c1Cl. The van der Waals surface area contributed by atoms with Crippen molar-refractivity contribution in [2.24, 2.45) is 0 Å². The molecule has 0 bridgehead atoms. The van der Waals surface area contributed by atoms with Gasteiger partial charge in [0.15, 0.2) is 0 Å². The summed E-state index contributed by atoms with van der Waals surface area (Å²) in [5.41, 5.74) is 5.82. The van der Waals surface area contributed by atoms with Gasteiger partial charge in [-0.3, -0.25) is 0 Å². The van der Waals surface area contributed by atoms with Crippen LogP contribution < -0.4 is 10.5 Å². The Labute approximate surface area is 96.9 Å². The van der Waals surface area contributed by atoms with Gasteiger partial charge in [-0.1, -0.05) is 23.2 Å². The normalized spacial score (nSPS) is 9.87. The number of anilines is 1. The van der Waals surface area contributed by atoms with Crippen LogP contribution in [-0.4, -0.2) is 20.2 Å². The third kappa shape index (κ3) is 2.11. The summed E-state index contributed by atoms with van der Waals surface area (Å²) in [6, 6.07) is 1.38. The Kier molecular flexibility index (Phi) is 3.66. The van der Waals surface area contributed by atoms with Crippen LogP contribution in [0.4, 0.5) is 5.69 Å². The zero-order chi connectivity index (χ0) is 11.6. The van der Waals surface area contributed by atoms with Crippen molar-refractivity contribution in [1.82, 2.24) is 0 Å². The van der Waals surface area contributed by atoms with Crippen LogP contribution in [0.15, 0.2) is 6.07 Å². The van der Waals surface area contributed by atoms with E-state index >= 15 is 0 Å². The molecule has 0 saturated heterocycles. The Balaban J connectivity index is 3.41. The number of rotatable bonds is 2. The highest BCUT2D eigenvalue weighted by Gasteiger charge is 2.19. The molecule has 6 heteroatoms. The van der Waals surface area contributed by atoms with E-state index in [-0.39, 0.29) is 27.0 Å². The van der Waals surface area contributed by atoms with E-state index in [0.717, 1.165) is 0 Å². The van der Waals surface area contributed by atoms with E-state index in [1.54, 1.807) is 0 Å². The molecular weight excluding hydrogens is 241 g/mol. The van der Waals surface area contributed by atoms with Gasteiger partial charge in [0.05, 0.1) is 30.5 Å². The predicted molar refractivity (Wildman–Crippen MR) is 58.8 cm³/mol. The fraction of sp³-hybridized carbons (Fsp3) is 0.222. The van der Waals surface area contributed by atoms with Crippen molar-refractivity contribution >= 4 is 34.9 Å².